The van der Waals surface area contributed by atoms with Gasteiger partial charge in [-0.2, -0.15) is 0 Å². The fourth-order valence-corrected chi connectivity index (χ4v) is 1.75. The molecule has 2 rings (SSSR count). The lowest BCUT2D eigenvalue weighted by Crippen LogP contribution is -2.14. The van der Waals surface area contributed by atoms with Crippen molar-refractivity contribution in [2.75, 3.05) is 5.32 Å². The average Bonchev–Trinajstić information content (AvgIpc) is 2.83. The predicted molar refractivity (Wildman–Crippen MR) is 72.5 cm³/mol. The van der Waals surface area contributed by atoms with Crippen LogP contribution in [0.2, 0.25) is 0 Å². The van der Waals surface area contributed by atoms with Crippen LogP contribution in [0.15, 0.2) is 22.7 Å². The van der Waals surface area contributed by atoms with E-state index in [0.29, 0.717) is 16.0 Å². The maximum absolute atomic E-state index is 13.1. The zero-order valence-corrected chi connectivity index (χ0v) is 12.0. The van der Waals surface area contributed by atoms with Crippen molar-refractivity contribution in [3.05, 3.63) is 40.1 Å². The fraction of sp³-hybridized carbons (Fsp3) is 0.250. The molecule has 0 radical (unpaired) electrons. The number of hydrogen-bond acceptors (Lipinski definition) is 3. The van der Waals surface area contributed by atoms with Crippen LogP contribution in [0.25, 0.3) is 0 Å². The van der Waals surface area contributed by atoms with Gasteiger partial charge < -0.3 is 5.32 Å². The number of nitrogens with zero attached hydrogens (tertiary/aromatic N) is 2. The number of benzene rings is 1. The smallest absolute Gasteiger partial charge is 0.295 e. The Morgan fingerprint density at radius 3 is 2.84 bits per heavy atom. The van der Waals surface area contributed by atoms with Gasteiger partial charge in [0.15, 0.2) is 0 Å². The molecule has 1 aromatic heterocycles. The molecule has 1 aromatic carbocycles. The van der Waals surface area contributed by atoms with E-state index in [4.69, 9.17) is 0 Å². The highest BCUT2D eigenvalue weighted by Crippen LogP contribution is 2.23. The Labute approximate surface area is 117 Å². The first-order valence-corrected chi connectivity index (χ1v) is 6.45. The Morgan fingerprint density at radius 2 is 2.21 bits per heavy atom. The van der Waals surface area contributed by atoms with E-state index in [1.807, 2.05) is 13.8 Å². The third-order valence-electron chi connectivity index (χ3n) is 2.43. The maximum atomic E-state index is 13.1. The highest BCUT2D eigenvalue weighted by Gasteiger charge is 2.15. The quantitative estimate of drug-likeness (QED) is 0.910. The van der Waals surface area contributed by atoms with Crippen LogP contribution in [-0.4, -0.2) is 21.1 Å². The first kappa shape index (κ1) is 13.7. The fourth-order valence-electron chi connectivity index (χ4n) is 1.41. The number of hydrogen-bond donors (Lipinski definition) is 2. The summed E-state index contributed by atoms with van der Waals surface area (Å²) in [5.74, 6) is -0.121. The lowest BCUT2D eigenvalue weighted by atomic mass is 10.2. The number of aromatic nitrogens is 3. The normalized spacial score (nSPS) is 10.8. The van der Waals surface area contributed by atoms with E-state index >= 15 is 0 Å². The Bertz CT molecular complexity index is 612. The second-order valence-electron chi connectivity index (χ2n) is 4.28. The summed E-state index contributed by atoms with van der Waals surface area (Å²) in [6.07, 6.45) is 0. The van der Waals surface area contributed by atoms with Gasteiger partial charge in [-0.1, -0.05) is 13.8 Å². The van der Waals surface area contributed by atoms with E-state index in [0.717, 1.165) is 0 Å². The van der Waals surface area contributed by atoms with Gasteiger partial charge in [0, 0.05) is 10.4 Å². The molecule has 2 N–H and O–H groups in total. The van der Waals surface area contributed by atoms with E-state index in [-0.39, 0.29) is 11.7 Å². The summed E-state index contributed by atoms with van der Waals surface area (Å²) in [5, 5.41) is 9.07. The SMILES string of the molecule is CC(C)c1nc(C(=O)Nc2cc(F)ccc2Br)n[nH]1. The van der Waals surface area contributed by atoms with Crippen molar-refractivity contribution in [3.63, 3.8) is 0 Å². The molecule has 7 heteroatoms. The van der Waals surface area contributed by atoms with Gasteiger partial charge in [-0.3, -0.25) is 9.89 Å². The van der Waals surface area contributed by atoms with Crippen molar-refractivity contribution in [2.24, 2.45) is 0 Å². The van der Waals surface area contributed by atoms with Gasteiger partial charge in [-0.05, 0) is 34.1 Å². The number of nitrogens with one attached hydrogen (secondary N) is 2. The van der Waals surface area contributed by atoms with Crippen molar-refractivity contribution in [1.29, 1.82) is 0 Å². The monoisotopic (exact) mass is 326 g/mol. The number of carbonyl (C=O) groups is 1. The summed E-state index contributed by atoms with van der Waals surface area (Å²) in [6.45, 7) is 3.87. The topological polar surface area (TPSA) is 70.7 Å². The molecule has 19 heavy (non-hydrogen) atoms. The second kappa shape index (κ2) is 5.48. The maximum Gasteiger partial charge on any atom is 0.295 e. The number of amides is 1. The average molecular weight is 327 g/mol. The Balaban J connectivity index is 2.18. The largest absolute Gasteiger partial charge is 0.318 e. The molecule has 0 unspecified atom stereocenters. The second-order valence-corrected chi connectivity index (χ2v) is 5.13. The van der Waals surface area contributed by atoms with Crippen LogP contribution >= 0.6 is 15.9 Å². The number of H-pyrrole nitrogens is 1. The molecule has 0 aliphatic rings. The molecule has 0 aliphatic carbocycles. The highest BCUT2D eigenvalue weighted by atomic mass is 79.9. The number of halogens is 2. The molecule has 0 saturated carbocycles. The summed E-state index contributed by atoms with van der Waals surface area (Å²) in [6, 6.07) is 4.03. The zero-order valence-electron chi connectivity index (χ0n) is 10.4. The van der Waals surface area contributed by atoms with Gasteiger partial charge in [0.1, 0.15) is 11.6 Å². The van der Waals surface area contributed by atoms with E-state index in [2.05, 4.69) is 36.4 Å². The van der Waals surface area contributed by atoms with Gasteiger partial charge >= 0.3 is 0 Å². The van der Waals surface area contributed by atoms with Crippen LogP contribution in [0, 0.1) is 5.82 Å². The minimum atomic E-state index is -0.491. The summed E-state index contributed by atoms with van der Waals surface area (Å²) in [7, 11) is 0. The first-order valence-electron chi connectivity index (χ1n) is 5.66. The van der Waals surface area contributed by atoms with Crippen molar-refractivity contribution in [2.45, 2.75) is 19.8 Å². The van der Waals surface area contributed by atoms with Crippen LogP contribution in [-0.2, 0) is 0 Å². The van der Waals surface area contributed by atoms with E-state index in [1.54, 1.807) is 0 Å². The third kappa shape index (κ3) is 3.17. The van der Waals surface area contributed by atoms with Crippen molar-refractivity contribution in [1.82, 2.24) is 15.2 Å². The third-order valence-corrected chi connectivity index (χ3v) is 3.12. The lowest BCUT2D eigenvalue weighted by Gasteiger charge is -2.05. The molecule has 100 valence electrons. The van der Waals surface area contributed by atoms with Gasteiger partial charge in [-0.15, -0.1) is 5.10 Å². The minimum Gasteiger partial charge on any atom is -0.318 e. The summed E-state index contributed by atoms with van der Waals surface area (Å²) < 4.78 is 13.7. The molecule has 0 atom stereocenters. The van der Waals surface area contributed by atoms with Crippen LogP contribution in [0.4, 0.5) is 10.1 Å². The van der Waals surface area contributed by atoms with Crippen LogP contribution in [0.1, 0.15) is 36.2 Å². The molecule has 2 aromatic rings. The predicted octanol–water partition coefficient (Wildman–Crippen LogP) is 3.08. The van der Waals surface area contributed by atoms with Crippen molar-refractivity contribution < 1.29 is 9.18 Å². The molecule has 0 saturated heterocycles. The van der Waals surface area contributed by atoms with Crippen molar-refractivity contribution in [3.8, 4) is 0 Å². The lowest BCUT2D eigenvalue weighted by molar-refractivity contribution is 0.101. The molecule has 5 nitrogen and oxygen atoms in total. The van der Waals surface area contributed by atoms with Gasteiger partial charge in [0.2, 0.25) is 5.82 Å². The van der Waals surface area contributed by atoms with Gasteiger partial charge in [0.05, 0.1) is 5.69 Å². The van der Waals surface area contributed by atoms with Crippen LogP contribution in [0.5, 0.6) is 0 Å². The molecule has 0 aliphatic heterocycles. The minimum absolute atomic E-state index is 0.0276. The summed E-state index contributed by atoms with van der Waals surface area (Å²) in [5.41, 5.74) is 0.334. The number of anilines is 1. The molecular formula is C12H12BrFN4O. The molecule has 1 amide bonds. The molecule has 1 heterocycles. The van der Waals surface area contributed by atoms with Crippen LogP contribution in [0.3, 0.4) is 0 Å². The van der Waals surface area contributed by atoms with Crippen LogP contribution < -0.4 is 5.32 Å². The Hall–Kier alpha value is -1.76. The van der Waals surface area contributed by atoms with E-state index < -0.39 is 11.7 Å². The molecule has 0 spiro atoms. The summed E-state index contributed by atoms with van der Waals surface area (Å²) in [4.78, 5) is 16.0. The van der Waals surface area contributed by atoms with Gasteiger partial charge in [0.25, 0.3) is 5.91 Å². The zero-order chi connectivity index (χ0) is 14.0. The standard InChI is InChI=1S/C12H12BrFN4O/c1-6(2)10-16-11(18-17-10)12(19)15-9-5-7(14)3-4-8(9)13/h3-6H,1-2H3,(H,15,19)(H,16,17,18). The number of aromatic amines is 1. The van der Waals surface area contributed by atoms with E-state index in [9.17, 15) is 9.18 Å². The Kier molecular flexibility index (Phi) is 3.94. The van der Waals surface area contributed by atoms with Crippen molar-refractivity contribution >= 4 is 27.5 Å². The summed E-state index contributed by atoms with van der Waals surface area (Å²) >= 11 is 3.23. The van der Waals surface area contributed by atoms with Gasteiger partial charge in [-0.25, -0.2) is 9.37 Å². The molecule has 0 bridgehead atoms. The number of rotatable bonds is 3. The first-order chi connectivity index (χ1) is 8.97. The van der Waals surface area contributed by atoms with E-state index in [1.165, 1.54) is 18.2 Å². The Morgan fingerprint density at radius 1 is 1.47 bits per heavy atom. The number of carbonyl (C=O) groups excluding carboxylic acids is 1. The highest BCUT2D eigenvalue weighted by molar-refractivity contribution is 9.10. The molecular weight excluding hydrogens is 315 g/mol. The molecule has 0 fully saturated rings.